The van der Waals surface area contributed by atoms with Crippen LogP contribution in [0.25, 0.3) is 0 Å². The topological polar surface area (TPSA) is 63.2 Å². The van der Waals surface area contributed by atoms with Crippen molar-refractivity contribution in [2.75, 3.05) is 41.9 Å². The molecule has 0 spiro atoms. The van der Waals surface area contributed by atoms with Gasteiger partial charge in [-0.15, -0.1) is 0 Å². The summed E-state index contributed by atoms with van der Waals surface area (Å²) in [5.41, 5.74) is 0. The van der Waals surface area contributed by atoms with Crippen LogP contribution in [-0.4, -0.2) is 52.7 Å². The molecule has 1 saturated heterocycles. The van der Waals surface area contributed by atoms with E-state index in [0.717, 1.165) is 18.7 Å². The monoisotopic (exact) mass is 297 g/mol. The van der Waals surface area contributed by atoms with Crippen molar-refractivity contribution in [2.45, 2.75) is 32.7 Å². The van der Waals surface area contributed by atoms with Crippen molar-refractivity contribution in [3.8, 4) is 6.01 Å². The van der Waals surface area contributed by atoms with Crippen LogP contribution in [0.3, 0.4) is 0 Å². The number of aromatic nitrogens is 3. The fourth-order valence-electron chi connectivity index (χ4n) is 2.00. The molecule has 7 heteroatoms. The summed E-state index contributed by atoms with van der Waals surface area (Å²) in [5, 5.41) is 3.20. The number of anilines is 2. The molecule has 1 aliphatic rings. The Balaban J connectivity index is 2.18. The summed E-state index contributed by atoms with van der Waals surface area (Å²) in [6.07, 6.45) is 2.20. The molecule has 1 N–H and O–H groups in total. The minimum absolute atomic E-state index is 0.397. The van der Waals surface area contributed by atoms with Crippen molar-refractivity contribution in [1.29, 1.82) is 0 Å². The third-order valence-electron chi connectivity index (χ3n) is 3.18. The van der Waals surface area contributed by atoms with Crippen LogP contribution in [-0.2, 0) is 0 Å². The van der Waals surface area contributed by atoms with Crippen LogP contribution in [0.15, 0.2) is 0 Å². The molecule has 1 aromatic heterocycles. The molecular weight excluding hydrogens is 274 g/mol. The first-order valence-electron chi connectivity index (χ1n) is 7.18. The molecule has 1 fully saturated rings. The second-order valence-electron chi connectivity index (χ2n) is 4.73. The van der Waals surface area contributed by atoms with E-state index in [1.165, 1.54) is 12.2 Å². The zero-order valence-electron chi connectivity index (χ0n) is 12.4. The third-order valence-corrected chi connectivity index (χ3v) is 4.32. The van der Waals surface area contributed by atoms with E-state index in [9.17, 15) is 0 Å². The molecule has 1 atom stereocenters. The first kappa shape index (κ1) is 15.2. The molecule has 1 aliphatic heterocycles. The van der Waals surface area contributed by atoms with Crippen molar-refractivity contribution >= 4 is 23.7 Å². The molecule has 2 heterocycles. The standard InChI is InChI=1S/C13H23N5OS/c1-4-7-14-11-15-12(17-13(16-11)19-5-2)18(3)10-6-8-20-9-10/h10H,4-9H2,1-3H3,(H,14,15,16,17). The molecule has 0 saturated carbocycles. The smallest absolute Gasteiger partial charge is 0.323 e. The Hall–Kier alpha value is -1.24. The van der Waals surface area contributed by atoms with Crippen LogP contribution in [0.5, 0.6) is 6.01 Å². The molecular formula is C13H23N5OS. The summed E-state index contributed by atoms with van der Waals surface area (Å²) in [7, 11) is 2.05. The Morgan fingerprint density at radius 2 is 2.20 bits per heavy atom. The molecule has 2 rings (SSSR count). The zero-order valence-corrected chi connectivity index (χ0v) is 13.2. The van der Waals surface area contributed by atoms with E-state index in [1.54, 1.807) is 0 Å². The maximum Gasteiger partial charge on any atom is 0.323 e. The Morgan fingerprint density at radius 1 is 1.35 bits per heavy atom. The van der Waals surface area contributed by atoms with Gasteiger partial charge in [0.2, 0.25) is 11.9 Å². The summed E-state index contributed by atoms with van der Waals surface area (Å²) in [4.78, 5) is 15.3. The first-order valence-corrected chi connectivity index (χ1v) is 8.33. The minimum Gasteiger partial charge on any atom is -0.464 e. The predicted octanol–water partition coefficient (Wildman–Crippen LogP) is 2.03. The number of nitrogens with zero attached hydrogens (tertiary/aromatic N) is 4. The molecule has 1 aromatic rings. The Labute approximate surface area is 124 Å². The van der Waals surface area contributed by atoms with Gasteiger partial charge in [0.15, 0.2) is 0 Å². The lowest BCUT2D eigenvalue weighted by molar-refractivity contribution is 0.312. The van der Waals surface area contributed by atoms with Crippen molar-refractivity contribution in [3.05, 3.63) is 0 Å². The van der Waals surface area contributed by atoms with Crippen LogP contribution >= 0.6 is 11.8 Å². The summed E-state index contributed by atoms with van der Waals surface area (Å²) < 4.78 is 5.45. The van der Waals surface area contributed by atoms with Gasteiger partial charge in [0.25, 0.3) is 0 Å². The van der Waals surface area contributed by atoms with Gasteiger partial charge in [0.1, 0.15) is 0 Å². The van der Waals surface area contributed by atoms with Gasteiger partial charge in [-0.05, 0) is 25.5 Å². The van der Waals surface area contributed by atoms with Crippen LogP contribution in [0, 0.1) is 0 Å². The van der Waals surface area contributed by atoms with Gasteiger partial charge >= 0.3 is 6.01 Å². The molecule has 0 amide bonds. The number of rotatable bonds is 7. The van der Waals surface area contributed by atoms with Crippen molar-refractivity contribution < 1.29 is 4.74 Å². The van der Waals surface area contributed by atoms with Gasteiger partial charge in [-0.25, -0.2) is 0 Å². The number of hydrogen-bond donors (Lipinski definition) is 1. The highest BCUT2D eigenvalue weighted by Gasteiger charge is 2.23. The van der Waals surface area contributed by atoms with Crippen molar-refractivity contribution in [3.63, 3.8) is 0 Å². The highest BCUT2D eigenvalue weighted by atomic mass is 32.2. The largest absolute Gasteiger partial charge is 0.464 e. The Kier molecular flexibility index (Phi) is 5.70. The van der Waals surface area contributed by atoms with E-state index in [1.807, 2.05) is 25.7 Å². The van der Waals surface area contributed by atoms with E-state index in [2.05, 4.69) is 32.1 Å². The number of hydrogen-bond acceptors (Lipinski definition) is 7. The quantitative estimate of drug-likeness (QED) is 0.826. The lowest BCUT2D eigenvalue weighted by Crippen LogP contribution is -2.33. The van der Waals surface area contributed by atoms with Gasteiger partial charge < -0.3 is 15.0 Å². The van der Waals surface area contributed by atoms with Crippen molar-refractivity contribution in [2.24, 2.45) is 0 Å². The van der Waals surface area contributed by atoms with Crippen LogP contribution < -0.4 is 15.0 Å². The molecule has 0 radical (unpaired) electrons. The van der Waals surface area contributed by atoms with Crippen molar-refractivity contribution in [1.82, 2.24) is 15.0 Å². The average molecular weight is 297 g/mol. The van der Waals surface area contributed by atoms with E-state index >= 15 is 0 Å². The summed E-state index contributed by atoms with van der Waals surface area (Å²) in [6, 6.07) is 0.893. The number of ether oxygens (including phenoxy) is 1. The molecule has 0 bridgehead atoms. The highest BCUT2D eigenvalue weighted by molar-refractivity contribution is 7.99. The summed E-state index contributed by atoms with van der Waals surface area (Å²) in [6.45, 7) is 5.44. The molecule has 112 valence electrons. The first-order chi connectivity index (χ1) is 9.74. The summed E-state index contributed by atoms with van der Waals surface area (Å²) in [5.74, 6) is 3.62. The van der Waals surface area contributed by atoms with E-state index < -0.39 is 0 Å². The zero-order chi connectivity index (χ0) is 14.4. The minimum atomic E-state index is 0.397. The van der Waals surface area contributed by atoms with Gasteiger partial charge in [0.05, 0.1) is 6.61 Å². The van der Waals surface area contributed by atoms with E-state index in [0.29, 0.717) is 30.6 Å². The molecule has 6 nitrogen and oxygen atoms in total. The van der Waals surface area contributed by atoms with E-state index in [4.69, 9.17) is 4.74 Å². The van der Waals surface area contributed by atoms with Crippen LogP contribution in [0.2, 0.25) is 0 Å². The third kappa shape index (κ3) is 3.88. The SMILES string of the molecule is CCCNc1nc(OCC)nc(N(C)C2CCSC2)n1. The normalized spacial score (nSPS) is 18.1. The van der Waals surface area contributed by atoms with Crippen LogP contribution in [0.1, 0.15) is 26.7 Å². The number of thioether (sulfide) groups is 1. The van der Waals surface area contributed by atoms with Crippen LogP contribution in [0.4, 0.5) is 11.9 Å². The predicted molar refractivity (Wildman–Crippen MR) is 83.9 cm³/mol. The molecule has 0 aromatic carbocycles. The fourth-order valence-corrected chi connectivity index (χ4v) is 3.27. The maximum atomic E-state index is 5.45. The molecule has 20 heavy (non-hydrogen) atoms. The van der Waals surface area contributed by atoms with E-state index in [-0.39, 0.29) is 0 Å². The summed E-state index contributed by atoms with van der Waals surface area (Å²) >= 11 is 1.98. The Morgan fingerprint density at radius 3 is 2.85 bits per heavy atom. The second-order valence-corrected chi connectivity index (χ2v) is 5.88. The molecule has 0 aliphatic carbocycles. The lowest BCUT2D eigenvalue weighted by atomic mass is 10.2. The average Bonchev–Trinajstić information content (AvgIpc) is 2.98. The van der Waals surface area contributed by atoms with Gasteiger partial charge in [-0.3, -0.25) is 0 Å². The van der Waals surface area contributed by atoms with Gasteiger partial charge in [-0.1, -0.05) is 6.92 Å². The highest BCUT2D eigenvalue weighted by Crippen LogP contribution is 2.25. The number of nitrogens with one attached hydrogen (secondary N) is 1. The Bertz CT molecular complexity index is 425. The van der Waals surface area contributed by atoms with Gasteiger partial charge in [0, 0.05) is 25.4 Å². The fraction of sp³-hybridized carbons (Fsp3) is 0.769. The lowest BCUT2D eigenvalue weighted by Gasteiger charge is -2.24. The van der Waals surface area contributed by atoms with Gasteiger partial charge in [-0.2, -0.15) is 26.7 Å². The second kappa shape index (κ2) is 7.52. The molecule has 1 unspecified atom stereocenters. The maximum absolute atomic E-state index is 5.45.